The van der Waals surface area contributed by atoms with Crippen molar-refractivity contribution in [2.75, 3.05) is 13.7 Å². The van der Waals surface area contributed by atoms with E-state index in [1.807, 2.05) is 24.4 Å². The van der Waals surface area contributed by atoms with Gasteiger partial charge in [0.05, 0.1) is 12.5 Å². The molecule has 0 spiro atoms. The number of likely N-dealkylation sites (N-methyl/N-ethyl adjacent to an activating group) is 1. The standard InChI is InChI=1S/C22H21N5O2S/c1-22(18-8-15(11-30-18)16-9-24-12-25-10-16)19(20(28)27(2)21(23)26-22)14-3-4-17-13(7-14)5-6-29-17/h3-4,7-12,19H,5-6H2,1-2H3,(H2,23,26)/t19?,22-/m1/s1. The number of aromatic nitrogens is 2. The Morgan fingerprint density at radius 3 is 2.83 bits per heavy atom. The number of fused-ring (bicyclic) bond motifs is 1. The Hall–Kier alpha value is -3.26. The van der Waals surface area contributed by atoms with Gasteiger partial charge in [-0.1, -0.05) is 12.1 Å². The Morgan fingerprint density at radius 1 is 1.23 bits per heavy atom. The van der Waals surface area contributed by atoms with Crippen LogP contribution in [0.3, 0.4) is 0 Å². The fourth-order valence-corrected chi connectivity index (χ4v) is 5.23. The smallest absolute Gasteiger partial charge is 0.239 e. The normalized spacial score (nSPS) is 23.1. The molecule has 2 N–H and O–H groups in total. The van der Waals surface area contributed by atoms with Gasteiger partial charge in [-0.2, -0.15) is 0 Å². The van der Waals surface area contributed by atoms with Crippen molar-refractivity contribution in [2.24, 2.45) is 10.7 Å². The van der Waals surface area contributed by atoms with Crippen LogP contribution in [0.25, 0.3) is 11.1 Å². The van der Waals surface area contributed by atoms with Crippen molar-refractivity contribution in [3.63, 3.8) is 0 Å². The summed E-state index contributed by atoms with van der Waals surface area (Å²) in [6.07, 6.45) is 5.90. The molecule has 1 aromatic carbocycles. The Bertz CT molecular complexity index is 1160. The second-order valence-electron chi connectivity index (χ2n) is 7.74. The molecule has 4 heterocycles. The highest BCUT2D eigenvalue weighted by Gasteiger charge is 2.48. The quantitative estimate of drug-likeness (QED) is 0.704. The van der Waals surface area contributed by atoms with Crippen LogP contribution in [-0.2, 0) is 16.8 Å². The summed E-state index contributed by atoms with van der Waals surface area (Å²) in [5.74, 6) is 0.560. The number of carbonyl (C=O) groups excluding carboxylic acids is 1. The third-order valence-corrected chi connectivity index (χ3v) is 7.03. The van der Waals surface area contributed by atoms with E-state index in [2.05, 4.69) is 22.1 Å². The number of rotatable bonds is 3. The minimum atomic E-state index is -0.820. The van der Waals surface area contributed by atoms with E-state index in [0.29, 0.717) is 6.61 Å². The van der Waals surface area contributed by atoms with Crippen molar-refractivity contribution < 1.29 is 9.53 Å². The summed E-state index contributed by atoms with van der Waals surface area (Å²) in [4.78, 5) is 28.9. The molecular weight excluding hydrogens is 398 g/mol. The summed E-state index contributed by atoms with van der Waals surface area (Å²) in [5.41, 5.74) is 9.30. The third kappa shape index (κ3) is 2.87. The number of nitrogens with zero attached hydrogens (tertiary/aromatic N) is 4. The molecule has 0 saturated carbocycles. The molecule has 2 aromatic heterocycles. The molecule has 3 aromatic rings. The van der Waals surface area contributed by atoms with Crippen LogP contribution in [0.4, 0.5) is 0 Å². The highest BCUT2D eigenvalue weighted by atomic mass is 32.1. The number of hydrogen-bond donors (Lipinski definition) is 1. The highest BCUT2D eigenvalue weighted by molar-refractivity contribution is 7.10. The number of aliphatic imine (C=N–C) groups is 1. The maximum Gasteiger partial charge on any atom is 0.239 e. The van der Waals surface area contributed by atoms with Gasteiger partial charge >= 0.3 is 0 Å². The van der Waals surface area contributed by atoms with E-state index in [-0.39, 0.29) is 11.9 Å². The van der Waals surface area contributed by atoms with Crippen LogP contribution in [0.15, 0.2) is 53.4 Å². The van der Waals surface area contributed by atoms with Gasteiger partial charge in [-0.05, 0) is 41.1 Å². The number of guanidine groups is 1. The van der Waals surface area contributed by atoms with Gasteiger partial charge in [-0.3, -0.25) is 9.69 Å². The van der Waals surface area contributed by atoms with E-state index >= 15 is 0 Å². The van der Waals surface area contributed by atoms with E-state index in [4.69, 9.17) is 15.5 Å². The molecule has 2 aliphatic rings. The van der Waals surface area contributed by atoms with Crippen LogP contribution in [-0.4, -0.2) is 40.4 Å². The SMILES string of the molecule is CN1C(=O)C(c2ccc3c(c2)CCO3)[C@@](C)(c2cc(-c3cncnc3)cs2)N=C1N. The molecule has 0 aliphatic carbocycles. The number of benzene rings is 1. The highest BCUT2D eigenvalue weighted by Crippen LogP contribution is 2.47. The van der Waals surface area contributed by atoms with E-state index in [1.165, 1.54) is 11.2 Å². The number of hydrogen-bond acceptors (Lipinski definition) is 7. The van der Waals surface area contributed by atoms with Crippen molar-refractivity contribution >= 4 is 23.2 Å². The largest absolute Gasteiger partial charge is 0.493 e. The first-order chi connectivity index (χ1) is 14.5. The summed E-state index contributed by atoms with van der Waals surface area (Å²) < 4.78 is 5.64. The van der Waals surface area contributed by atoms with Gasteiger partial charge in [0.2, 0.25) is 5.91 Å². The average Bonchev–Trinajstić information content (AvgIpc) is 3.42. The third-order valence-electron chi connectivity index (χ3n) is 5.87. The van der Waals surface area contributed by atoms with Crippen LogP contribution in [0, 0.1) is 0 Å². The zero-order valence-corrected chi connectivity index (χ0v) is 17.5. The molecule has 0 saturated heterocycles. The molecule has 0 fully saturated rings. The maximum atomic E-state index is 13.4. The van der Waals surface area contributed by atoms with Crippen LogP contribution in [0.1, 0.15) is 28.8 Å². The lowest BCUT2D eigenvalue weighted by atomic mass is 9.77. The Morgan fingerprint density at radius 2 is 2.03 bits per heavy atom. The lowest BCUT2D eigenvalue weighted by Crippen LogP contribution is -2.52. The monoisotopic (exact) mass is 419 g/mol. The topological polar surface area (TPSA) is 93.7 Å². The maximum absolute atomic E-state index is 13.4. The van der Waals surface area contributed by atoms with E-state index in [0.717, 1.165) is 39.3 Å². The van der Waals surface area contributed by atoms with E-state index in [1.54, 1.807) is 30.8 Å². The molecule has 8 heteroatoms. The molecule has 0 bridgehead atoms. The Balaban J connectivity index is 1.63. The zero-order chi connectivity index (χ0) is 20.9. The van der Waals surface area contributed by atoms with Crippen LogP contribution in [0.5, 0.6) is 5.75 Å². The van der Waals surface area contributed by atoms with E-state index in [9.17, 15) is 4.79 Å². The summed E-state index contributed by atoms with van der Waals surface area (Å²) in [7, 11) is 1.67. The first-order valence-corrected chi connectivity index (χ1v) is 10.6. The van der Waals surface area contributed by atoms with Crippen molar-refractivity contribution in [1.82, 2.24) is 14.9 Å². The van der Waals surface area contributed by atoms with Gasteiger partial charge in [-0.25, -0.2) is 15.0 Å². The molecule has 7 nitrogen and oxygen atoms in total. The van der Waals surface area contributed by atoms with E-state index < -0.39 is 11.5 Å². The van der Waals surface area contributed by atoms with Gasteiger partial charge in [0.25, 0.3) is 0 Å². The molecule has 1 amide bonds. The zero-order valence-electron chi connectivity index (χ0n) is 16.7. The number of carbonyl (C=O) groups is 1. The van der Waals surface area contributed by atoms with Gasteiger partial charge in [-0.15, -0.1) is 11.3 Å². The second kappa shape index (κ2) is 6.91. The van der Waals surface area contributed by atoms with Gasteiger partial charge in [0.1, 0.15) is 17.6 Å². The molecule has 2 aliphatic heterocycles. The number of ether oxygens (including phenoxy) is 1. The Kier molecular flexibility index (Phi) is 4.32. The summed E-state index contributed by atoms with van der Waals surface area (Å²) >= 11 is 1.57. The summed E-state index contributed by atoms with van der Waals surface area (Å²) in [5, 5.41) is 2.04. The minimum absolute atomic E-state index is 0.0677. The predicted molar refractivity (Wildman–Crippen MR) is 115 cm³/mol. The lowest BCUT2D eigenvalue weighted by Gasteiger charge is -2.40. The summed E-state index contributed by atoms with van der Waals surface area (Å²) in [6, 6.07) is 8.05. The van der Waals surface area contributed by atoms with Gasteiger partial charge in [0, 0.05) is 36.3 Å². The van der Waals surface area contributed by atoms with Crippen LogP contribution < -0.4 is 10.5 Å². The van der Waals surface area contributed by atoms with Crippen molar-refractivity contribution in [3.8, 4) is 16.9 Å². The Labute approximate surface area is 178 Å². The first-order valence-electron chi connectivity index (χ1n) is 9.70. The fourth-order valence-electron chi connectivity index (χ4n) is 4.18. The van der Waals surface area contributed by atoms with Crippen LogP contribution >= 0.6 is 11.3 Å². The first kappa shape index (κ1) is 18.7. The average molecular weight is 420 g/mol. The molecule has 30 heavy (non-hydrogen) atoms. The number of amides is 1. The van der Waals surface area contributed by atoms with Crippen molar-refractivity contribution in [3.05, 3.63) is 64.4 Å². The molecule has 2 atom stereocenters. The van der Waals surface area contributed by atoms with Crippen molar-refractivity contribution in [1.29, 1.82) is 0 Å². The molecule has 0 radical (unpaired) electrons. The predicted octanol–water partition coefficient (Wildman–Crippen LogP) is 2.93. The summed E-state index contributed by atoms with van der Waals surface area (Å²) in [6.45, 7) is 2.66. The molecule has 1 unspecified atom stereocenters. The van der Waals surface area contributed by atoms with Gasteiger partial charge in [0.15, 0.2) is 5.96 Å². The minimum Gasteiger partial charge on any atom is -0.493 e. The van der Waals surface area contributed by atoms with Gasteiger partial charge < -0.3 is 10.5 Å². The number of nitrogens with two attached hydrogens (primary N) is 1. The molecule has 152 valence electrons. The fraction of sp³-hybridized carbons (Fsp3) is 0.273. The van der Waals surface area contributed by atoms with Crippen LogP contribution in [0.2, 0.25) is 0 Å². The number of thiophene rings is 1. The second-order valence-corrected chi connectivity index (χ2v) is 8.65. The lowest BCUT2D eigenvalue weighted by molar-refractivity contribution is -0.130. The molecular formula is C22H21N5O2S. The molecule has 5 rings (SSSR count). The van der Waals surface area contributed by atoms with Crippen molar-refractivity contribution in [2.45, 2.75) is 24.8 Å².